The minimum absolute atomic E-state index is 0.0142. The summed E-state index contributed by atoms with van der Waals surface area (Å²) in [6.45, 7) is 5.70. The maximum Gasteiger partial charge on any atom is 0.406 e. The second kappa shape index (κ2) is 10.3. The van der Waals surface area contributed by atoms with Crippen LogP contribution in [0, 0.1) is 5.92 Å². The van der Waals surface area contributed by atoms with E-state index >= 15 is 0 Å². The highest BCUT2D eigenvalue weighted by molar-refractivity contribution is 7.51. The highest BCUT2D eigenvalue weighted by atomic mass is 35.5. The standard InChI is InChI=1S/C22H32ClN6O7P/c1-4-32-18-15-17(26-21(24)27-18)29(11-25-15)20-22(3,23)16-14(35-20)10-34-37(31,36-16)28-12(2)9-33-19(30)13-7-5-6-8-13/h11-14,16,20H,4-10H2,1-3H3,(H,28,31)(H2,24,26,27)/t12-,14+,16?,20+,22+,37?/m0/s1. The number of hydrogen-bond acceptors (Lipinski definition) is 11. The van der Waals surface area contributed by atoms with Gasteiger partial charge in [-0.25, -0.2) is 14.6 Å². The fourth-order valence-electron chi connectivity index (χ4n) is 5.04. The Labute approximate surface area is 219 Å². The van der Waals surface area contributed by atoms with E-state index in [0.717, 1.165) is 25.7 Å². The second-order valence-corrected chi connectivity index (χ2v) is 12.3. The van der Waals surface area contributed by atoms with Crippen LogP contribution >= 0.6 is 19.3 Å². The maximum atomic E-state index is 13.5. The van der Waals surface area contributed by atoms with E-state index < -0.39 is 37.1 Å². The maximum absolute atomic E-state index is 13.5. The first-order chi connectivity index (χ1) is 17.6. The van der Waals surface area contributed by atoms with Gasteiger partial charge in [0.2, 0.25) is 11.8 Å². The molecule has 2 unspecified atom stereocenters. The van der Waals surface area contributed by atoms with Crippen molar-refractivity contribution in [3.8, 4) is 5.88 Å². The van der Waals surface area contributed by atoms with E-state index in [4.69, 9.17) is 40.6 Å². The van der Waals surface area contributed by atoms with Crippen LogP contribution in [-0.2, 0) is 27.9 Å². The Hall–Kier alpha value is -2.02. The van der Waals surface area contributed by atoms with Gasteiger partial charge in [0.25, 0.3) is 0 Å². The van der Waals surface area contributed by atoms with E-state index in [1.165, 1.54) is 6.33 Å². The van der Waals surface area contributed by atoms with Gasteiger partial charge in [-0.05, 0) is 33.6 Å². The smallest absolute Gasteiger partial charge is 0.406 e. The lowest BCUT2D eigenvalue weighted by Crippen LogP contribution is -2.46. The molecule has 0 aromatic carbocycles. The molecule has 2 saturated heterocycles. The van der Waals surface area contributed by atoms with E-state index in [2.05, 4.69) is 20.0 Å². The summed E-state index contributed by atoms with van der Waals surface area (Å²) >= 11 is 7.00. The first-order valence-corrected chi connectivity index (χ1v) is 14.4. The number of aromatic nitrogens is 4. The van der Waals surface area contributed by atoms with Crippen molar-refractivity contribution in [1.82, 2.24) is 24.6 Å². The van der Waals surface area contributed by atoms with Gasteiger partial charge in [0.15, 0.2) is 17.4 Å². The summed E-state index contributed by atoms with van der Waals surface area (Å²) in [5, 5.41) is 2.85. The number of halogens is 1. The summed E-state index contributed by atoms with van der Waals surface area (Å²) in [5.41, 5.74) is 6.68. The number of imidazole rings is 1. The summed E-state index contributed by atoms with van der Waals surface area (Å²) in [5.74, 6) is -0.00774. The predicted octanol–water partition coefficient (Wildman–Crippen LogP) is 2.94. The molecule has 13 nitrogen and oxygen atoms in total. The number of nitrogens with zero attached hydrogens (tertiary/aromatic N) is 4. The van der Waals surface area contributed by atoms with Crippen LogP contribution in [0.5, 0.6) is 5.88 Å². The van der Waals surface area contributed by atoms with Crippen molar-refractivity contribution in [2.45, 2.75) is 75.8 Å². The van der Waals surface area contributed by atoms with Crippen LogP contribution < -0.4 is 15.6 Å². The number of esters is 1. The van der Waals surface area contributed by atoms with Crippen molar-refractivity contribution in [3.05, 3.63) is 6.33 Å². The first kappa shape index (κ1) is 26.6. The minimum Gasteiger partial charge on any atom is -0.476 e. The summed E-state index contributed by atoms with van der Waals surface area (Å²) in [6, 6.07) is -0.471. The molecule has 4 heterocycles. The average Bonchev–Trinajstić information content (AvgIpc) is 3.57. The number of carbonyl (C=O) groups is 1. The molecule has 5 rings (SSSR count). The molecule has 1 saturated carbocycles. The molecule has 0 amide bonds. The normalized spacial score (nSPS) is 32.9. The van der Waals surface area contributed by atoms with Crippen molar-refractivity contribution in [2.75, 3.05) is 25.6 Å². The number of alkyl halides is 1. The van der Waals surface area contributed by atoms with Gasteiger partial charge in [-0.1, -0.05) is 12.8 Å². The average molecular weight is 559 g/mol. The molecule has 2 aliphatic heterocycles. The molecule has 3 aliphatic rings. The molecule has 204 valence electrons. The second-order valence-electron chi connectivity index (χ2n) is 9.78. The molecule has 0 bridgehead atoms. The van der Waals surface area contributed by atoms with Crippen LogP contribution in [0.4, 0.5) is 5.95 Å². The van der Waals surface area contributed by atoms with Crippen LogP contribution in [0.1, 0.15) is 52.7 Å². The van der Waals surface area contributed by atoms with Crippen LogP contribution in [0.3, 0.4) is 0 Å². The van der Waals surface area contributed by atoms with Crippen LogP contribution in [-0.4, -0.2) is 68.4 Å². The third-order valence-electron chi connectivity index (χ3n) is 6.82. The molecular weight excluding hydrogens is 527 g/mol. The monoisotopic (exact) mass is 558 g/mol. The van der Waals surface area contributed by atoms with Gasteiger partial charge in [0.05, 0.1) is 25.5 Å². The molecular formula is C22H32ClN6O7P. The fraction of sp³-hybridized carbons (Fsp3) is 0.727. The number of anilines is 1. The fourth-order valence-corrected chi connectivity index (χ4v) is 7.25. The molecule has 1 aliphatic carbocycles. The van der Waals surface area contributed by atoms with Gasteiger partial charge in [0.1, 0.15) is 23.7 Å². The summed E-state index contributed by atoms with van der Waals surface area (Å²) in [4.78, 5) is 23.8. The van der Waals surface area contributed by atoms with Gasteiger partial charge in [0, 0.05) is 6.04 Å². The number of hydrogen-bond donors (Lipinski definition) is 2. The third-order valence-corrected chi connectivity index (χ3v) is 8.98. The van der Waals surface area contributed by atoms with Crippen molar-refractivity contribution in [3.63, 3.8) is 0 Å². The van der Waals surface area contributed by atoms with E-state index in [-0.39, 0.29) is 36.9 Å². The zero-order valence-electron chi connectivity index (χ0n) is 21.0. The molecule has 0 radical (unpaired) electrons. The highest BCUT2D eigenvalue weighted by Gasteiger charge is 2.60. The predicted molar refractivity (Wildman–Crippen MR) is 133 cm³/mol. The Morgan fingerprint density at radius 1 is 1.41 bits per heavy atom. The molecule has 15 heteroatoms. The summed E-state index contributed by atoms with van der Waals surface area (Å²) < 4.78 is 43.8. The van der Waals surface area contributed by atoms with Gasteiger partial charge in [-0.3, -0.25) is 18.4 Å². The number of nitrogens with one attached hydrogen (secondary N) is 1. The third kappa shape index (κ3) is 5.17. The molecule has 3 N–H and O–H groups in total. The Morgan fingerprint density at radius 3 is 2.89 bits per heavy atom. The summed E-state index contributed by atoms with van der Waals surface area (Å²) in [7, 11) is -3.78. The zero-order chi connectivity index (χ0) is 26.4. The number of ether oxygens (including phenoxy) is 3. The van der Waals surface area contributed by atoms with E-state index in [0.29, 0.717) is 17.8 Å². The number of nitrogen functional groups attached to an aromatic ring is 1. The van der Waals surface area contributed by atoms with Crippen LogP contribution in [0.25, 0.3) is 11.2 Å². The van der Waals surface area contributed by atoms with Crippen molar-refractivity contribution < 1.29 is 32.6 Å². The number of rotatable bonds is 8. The lowest BCUT2D eigenvalue weighted by atomic mass is 10.0. The number of fused-ring (bicyclic) bond motifs is 2. The topological polar surface area (TPSA) is 162 Å². The van der Waals surface area contributed by atoms with Gasteiger partial charge in [-0.15, -0.1) is 11.6 Å². The molecule has 6 atom stereocenters. The number of carbonyl (C=O) groups excluding carboxylic acids is 1. The molecule has 2 aromatic rings. The zero-order valence-corrected chi connectivity index (χ0v) is 22.6. The Bertz CT molecular complexity index is 1210. The molecule has 3 fully saturated rings. The lowest BCUT2D eigenvalue weighted by Gasteiger charge is -2.36. The van der Waals surface area contributed by atoms with Crippen molar-refractivity contribution in [1.29, 1.82) is 0 Å². The van der Waals surface area contributed by atoms with Gasteiger partial charge >= 0.3 is 13.7 Å². The summed E-state index contributed by atoms with van der Waals surface area (Å²) in [6.07, 6.45) is 3.11. The quantitative estimate of drug-likeness (QED) is 0.277. The van der Waals surface area contributed by atoms with Gasteiger partial charge in [-0.2, -0.15) is 9.97 Å². The first-order valence-electron chi connectivity index (χ1n) is 12.5. The van der Waals surface area contributed by atoms with E-state index in [1.54, 1.807) is 18.4 Å². The largest absolute Gasteiger partial charge is 0.476 e. The molecule has 0 spiro atoms. The van der Waals surface area contributed by atoms with Crippen LogP contribution in [0.2, 0.25) is 0 Å². The van der Waals surface area contributed by atoms with E-state index in [1.807, 2.05) is 6.92 Å². The minimum atomic E-state index is -3.78. The molecule has 37 heavy (non-hydrogen) atoms. The van der Waals surface area contributed by atoms with Crippen LogP contribution in [0.15, 0.2) is 6.33 Å². The highest BCUT2D eigenvalue weighted by Crippen LogP contribution is 2.57. The van der Waals surface area contributed by atoms with Gasteiger partial charge < -0.3 is 19.9 Å². The Kier molecular flexibility index (Phi) is 7.38. The SMILES string of the molecule is CCOc1nc(N)nc2c1ncn2[C@@H]1O[C@@H]2COP(=O)(N[C@@H](C)COC(=O)C3CCCC3)OC2[C@@]1(C)Cl. The van der Waals surface area contributed by atoms with Crippen molar-refractivity contribution in [2.24, 2.45) is 5.92 Å². The Balaban J connectivity index is 1.29. The number of nitrogens with two attached hydrogens (primary N) is 1. The lowest BCUT2D eigenvalue weighted by molar-refractivity contribution is -0.148. The van der Waals surface area contributed by atoms with E-state index in [9.17, 15) is 9.36 Å². The Morgan fingerprint density at radius 2 is 2.16 bits per heavy atom. The molecule has 2 aromatic heterocycles. The van der Waals surface area contributed by atoms with Crippen molar-refractivity contribution >= 4 is 42.4 Å².